The van der Waals surface area contributed by atoms with E-state index >= 15 is 0 Å². The molecule has 0 unspecified atom stereocenters. The number of hydrogen-bond acceptors (Lipinski definition) is 6. The maximum Gasteiger partial charge on any atom is 0.179 e. The Hall–Kier alpha value is -2.93. The normalized spacial score (nSPS) is 25.6. The van der Waals surface area contributed by atoms with Gasteiger partial charge in [0.25, 0.3) is 0 Å². The highest BCUT2D eigenvalue weighted by Crippen LogP contribution is 2.50. The van der Waals surface area contributed by atoms with Crippen molar-refractivity contribution in [3.63, 3.8) is 0 Å². The molecule has 0 radical (unpaired) electrons. The van der Waals surface area contributed by atoms with Crippen molar-refractivity contribution in [1.29, 1.82) is 0 Å². The molecule has 136 valence electrons. The van der Waals surface area contributed by atoms with Crippen LogP contribution in [0.4, 0.5) is 11.4 Å². The molecule has 2 aromatic carbocycles. The summed E-state index contributed by atoms with van der Waals surface area (Å²) < 4.78 is 6.27. The second kappa shape index (κ2) is 5.79. The predicted octanol–water partition coefficient (Wildman–Crippen LogP) is 3.39. The Balaban J connectivity index is 1.46. The van der Waals surface area contributed by atoms with E-state index < -0.39 is 0 Å². The molecule has 6 rings (SSSR count). The van der Waals surface area contributed by atoms with Crippen molar-refractivity contribution in [1.82, 2.24) is 25.9 Å². The molecule has 1 aromatic heterocycles. The molecule has 2 bridgehead atoms. The maximum atomic E-state index is 6.27. The Morgan fingerprint density at radius 3 is 2.59 bits per heavy atom. The lowest BCUT2D eigenvalue weighted by Crippen LogP contribution is -2.47. The molecule has 3 aliphatic rings. The Morgan fingerprint density at radius 2 is 1.78 bits per heavy atom. The molecule has 3 atom stereocenters. The van der Waals surface area contributed by atoms with Gasteiger partial charge in [0.2, 0.25) is 0 Å². The fourth-order valence-corrected chi connectivity index (χ4v) is 4.85. The van der Waals surface area contributed by atoms with Crippen LogP contribution in [0.25, 0.3) is 11.4 Å². The molecular formula is C20H20N6O. The number of nitrogens with zero attached hydrogens (tertiary/aromatic N) is 4. The molecule has 3 aliphatic heterocycles. The Kier molecular flexibility index (Phi) is 3.25. The molecule has 3 aromatic rings. The van der Waals surface area contributed by atoms with E-state index in [2.05, 4.69) is 55.1 Å². The van der Waals surface area contributed by atoms with Gasteiger partial charge >= 0.3 is 0 Å². The van der Waals surface area contributed by atoms with Crippen molar-refractivity contribution in [3.8, 4) is 22.9 Å². The largest absolute Gasteiger partial charge is 0.453 e. The fraction of sp³-hybridized carbons (Fsp3) is 0.350. The zero-order chi connectivity index (χ0) is 17.8. The first-order valence-corrected chi connectivity index (χ1v) is 9.55. The van der Waals surface area contributed by atoms with Gasteiger partial charge in [0.15, 0.2) is 17.3 Å². The third-order valence-corrected chi connectivity index (χ3v) is 6.00. The summed E-state index contributed by atoms with van der Waals surface area (Å²) in [6, 6.07) is 16.3. The first-order chi connectivity index (χ1) is 13.3. The molecule has 0 saturated carbocycles. The number of aromatic nitrogens is 4. The van der Waals surface area contributed by atoms with Crippen LogP contribution in [0.2, 0.25) is 0 Å². The van der Waals surface area contributed by atoms with Crippen LogP contribution < -0.4 is 15.0 Å². The van der Waals surface area contributed by atoms with Crippen LogP contribution in [0, 0.1) is 0 Å². The van der Waals surface area contributed by atoms with Crippen molar-refractivity contribution >= 4 is 11.4 Å². The third kappa shape index (κ3) is 2.42. The molecule has 2 fully saturated rings. The summed E-state index contributed by atoms with van der Waals surface area (Å²) in [5.41, 5.74) is 3.20. The number of nitrogens with one attached hydrogen (secondary N) is 2. The minimum absolute atomic E-state index is 0.477. The SMILES string of the molecule is c1ccc2c(c1)Oc1cc(-c3nnn[nH]3)ccc1N2[C@H]1C[C@H]2CC[C@@H](C1)N2. The number of benzene rings is 2. The van der Waals surface area contributed by atoms with E-state index in [0.717, 1.165) is 41.3 Å². The highest BCUT2D eigenvalue weighted by molar-refractivity contribution is 5.80. The van der Waals surface area contributed by atoms with Gasteiger partial charge in [-0.05, 0) is 66.4 Å². The highest BCUT2D eigenvalue weighted by atomic mass is 16.5. The van der Waals surface area contributed by atoms with Gasteiger partial charge in [0.05, 0.1) is 11.4 Å². The molecule has 0 amide bonds. The minimum atomic E-state index is 0.477. The quantitative estimate of drug-likeness (QED) is 0.729. The molecular weight excluding hydrogens is 340 g/mol. The second-order valence-corrected chi connectivity index (χ2v) is 7.64. The summed E-state index contributed by atoms with van der Waals surface area (Å²) >= 11 is 0. The minimum Gasteiger partial charge on any atom is -0.453 e. The van der Waals surface area contributed by atoms with Crippen LogP contribution in [0.3, 0.4) is 0 Å². The lowest BCUT2D eigenvalue weighted by atomic mass is 9.95. The Labute approximate surface area is 156 Å². The fourth-order valence-electron chi connectivity index (χ4n) is 4.85. The smallest absolute Gasteiger partial charge is 0.179 e. The molecule has 7 heteroatoms. The van der Waals surface area contributed by atoms with E-state index in [9.17, 15) is 0 Å². The van der Waals surface area contributed by atoms with Crippen molar-refractivity contribution in [2.45, 2.75) is 43.8 Å². The summed E-state index contributed by atoms with van der Waals surface area (Å²) in [5, 5.41) is 18.0. The first-order valence-electron chi connectivity index (χ1n) is 9.55. The Morgan fingerprint density at radius 1 is 0.963 bits per heavy atom. The van der Waals surface area contributed by atoms with Crippen LogP contribution in [-0.4, -0.2) is 38.7 Å². The van der Waals surface area contributed by atoms with Crippen LogP contribution in [-0.2, 0) is 0 Å². The van der Waals surface area contributed by atoms with Crippen molar-refractivity contribution in [3.05, 3.63) is 42.5 Å². The topological polar surface area (TPSA) is 79.0 Å². The summed E-state index contributed by atoms with van der Waals surface area (Å²) in [6.07, 6.45) is 4.91. The number of para-hydroxylation sites is 2. The Bertz CT molecular complexity index is 976. The van der Waals surface area contributed by atoms with E-state index in [1.165, 1.54) is 12.8 Å². The van der Waals surface area contributed by atoms with E-state index in [0.29, 0.717) is 23.9 Å². The number of rotatable bonds is 2. The molecule has 7 nitrogen and oxygen atoms in total. The maximum absolute atomic E-state index is 6.27. The van der Waals surface area contributed by atoms with Gasteiger partial charge in [-0.25, -0.2) is 5.10 Å². The van der Waals surface area contributed by atoms with Crippen molar-refractivity contribution < 1.29 is 4.74 Å². The number of tetrazole rings is 1. The predicted molar refractivity (Wildman–Crippen MR) is 101 cm³/mol. The van der Waals surface area contributed by atoms with Crippen molar-refractivity contribution in [2.75, 3.05) is 4.90 Å². The second-order valence-electron chi connectivity index (χ2n) is 7.64. The number of anilines is 2. The number of ether oxygens (including phenoxy) is 1. The number of hydrogen-bond donors (Lipinski definition) is 2. The van der Waals surface area contributed by atoms with E-state index in [1.54, 1.807) is 0 Å². The van der Waals surface area contributed by atoms with Gasteiger partial charge in [-0.3, -0.25) is 0 Å². The van der Waals surface area contributed by atoms with Crippen LogP contribution in [0.15, 0.2) is 42.5 Å². The number of piperidine rings is 1. The average Bonchev–Trinajstić information content (AvgIpc) is 3.35. The van der Waals surface area contributed by atoms with Crippen LogP contribution in [0.1, 0.15) is 25.7 Å². The highest BCUT2D eigenvalue weighted by Gasteiger charge is 2.39. The molecule has 0 aliphatic carbocycles. The van der Waals surface area contributed by atoms with Crippen LogP contribution in [0.5, 0.6) is 11.5 Å². The summed E-state index contributed by atoms with van der Waals surface area (Å²) in [7, 11) is 0. The van der Waals surface area contributed by atoms with Gasteiger partial charge in [-0.15, -0.1) is 5.10 Å². The third-order valence-electron chi connectivity index (χ3n) is 6.00. The number of fused-ring (bicyclic) bond motifs is 4. The lowest BCUT2D eigenvalue weighted by Gasteiger charge is -2.42. The van der Waals surface area contributed by atoms with Crippen molar-refractivity contribution in [2.24, 2.45) is 0 Å². The van der Waals surface area contributed by atoms with Gasteiger partial charge in [-0.1, -0.05) is 12.1 Å². The standard InChI is InChI=1S/C20H20N6O/c1-2-4-18-16(3-1)26(15-10-13-6-7-14(11-15)21-13)17-8-5-12(9-19(17)27-18)20-22-24-25-23-20/h1-5,8-9,13-15,21H,6-7,10-11H2,(H,22,23,24,25)/t13-,14+,15+. The van der Waals surface area contributed by atoms with Gasteiger partial charge < -0.3 is 15.0 Å². The summed E-state index contributed by atoms with van der Waals surface area (Å²) in [5.74, 6) is 2.41. The average molecular weight is 360 g/mol. The molecule has 2 saturated heterocycles. The summed E-state index contributed by atoms with van der Waals surface area (Å²) in [4.78, 5) is 2.49. The van der Waals surface area contributed by atoms with E-state index in [1.807, 2.05) is 18.2 Å². The van der Waals surface area contributed by atoms with Gasteiger partial charge in [0.1, 0.15) is 0 Å². The van der Waals surface area contributed by atoms with E-state index in [-0.39, 0.29) is 0 Å². The van der Waals surface area contributed by atoms with Gasteiger partial charge in [0, 0.05) is 23.7 Å². The lowest BCUT2D eigenvalue weighted by molar-refractivity contribution is 0.353. The monoisotopic (exact) mass is 360 g/mol. The van der Waals surface area contributed by atoms with Crippen LogP contribution >= 0.6 is 0 Å². The first kappa shape index (κ1) is 15.2. The summed E-state index contributed by atoms with van der Waals surface area (Å²) in [6.45, 7) is 0. The van der Waals surface area contributed by atoms with Gasteiger partial charge in [-0.2, -0.15) is 0 Å². The molecule has 4 heterocycles. The zero-order valence-corrected chi connectivity index (χ0v) is 14.8. The molecule has 2 N–H and O–H groups in total. The molecule has 0 spiro atoms. The van der Waals surface area contributed by atoms with E-state index in [4.69, 9.17) is 4.74 Å². The number of aromatic amines is 1. The molecule has 27 heavy (non-hydrogen) atoms. The number of H-pyrrole nitrogens is 1. The zero-order valence-electron chi connectivity index (χ0n) is 14.8.